The molecule has 0 saturated heterocycles. The molecule has 3 aromatic rings. The van der Waals surface area contributed by atoms with Crippen LogP contribution in [0.5, 0.6) is 0 Å². The summed E-state index contributed by atoms with van der Waals surface area (Å²) in [5, 5.41) is 3.38. The number of aryl methyl sites for hydroxylation is 1. The van der Waals surface area contributed by atoms with Crippen LogP contribution >= 0.6 is 11.6 Å². The number of nitrogens with one attached hydrogen (secondary N) is 1. The summed E-state index contributed by atoms with van der Waals surface area (Å²) in [6.45, 7) is 1.93. The maximum Gasteiger partial charge on any atom is 0.258 e. The smallest absolute Gasteiger partial charge is 0.258 e. The van der Waals surface area contributed by atoms with Crippen molar-refractivity contribution in [3.63, 3.8) is 0 Å². The summed E-state index contributed by atoms with van der Waals surface area (Å²) in [4.78, 5) is 33.6. The number of rotatable bonds is 3. The van der Waals surface area contributed by atoms with Crippen molar-refractivity contribution < 1.29 is 9.59 Å². The molecule has 1 aromatic heterocycles. The summed E-state index contributed by atoms with van der Waals surface area (Å²) < 4.78 is 0. The Kier molecular flexibility index (Phi) is 4.92. The van der Waals surface area contributed by atoms with Crippen LogP contribution in [0, 0.1) is 6.92 Å². The fourth-order valence-electron chi connectivity index (χ4n) is 3.44. The highest BCUT2D eigenvalue weighted by Crippen LogP contribution is 2.32. The summed E-state index contributed by atoms with van der Waals surface area (Å²) in [6.07, 6.45) is 2.53. The topological polar surface area (TPSA) is 72.0 Å². The van der Waals surface area contributed by atoms with Crippen LogP contribution in [0.1, 0.15) is 49.9 Å². The monoisotopic (exact) mass is 391 g/mol. The fourth-order valence-corrected chi connectivity index (χ4v) is 3.56. The van der Waals surface area contributed by atoms with E-state index in [9.17, 15) is 9.59 Å². The molecule has 0 saturated carbocycles. The fraction of sp³-hybridized carbons (Fsp3) is 0.182. The maximum absolute atomic E-state index is 12.5. The summed E-state index contributed by atoms with van der Waals surface area (Å²) in [6, 6.07) is 14.8. The molecule has 28 heavy (non-hydrogen) atoms. The molecule has 0 fully saturated rings. The number of carbonyl (C=O) groups excluding carboxylic acids is 2. The second-order valence-electron chi connectivity index (χ2n) is 6.96. The van der Waals surface area contributed by atoms with E-state index < -0.39 is 0 Å². The number of halogens is 1. The van der Waals surface area contributed by atoms with Crippen molar-refractivity contribution in [2.45, 2.75) is 25.7 Å². The van der Waals surface area contributed by atoms with Gasteiger partial charge in [-0.1, -0.05) is 41.4 Å². The lowest BCUT2D eigenvalue weighted by atomic mass is 9.82. The zero-order valence-electron chi connectivity index (χ0n) is 15.3. The largest absolute Gasteiger partial charge is 0.294 e. The Labute approximate surface area is 167 Å². The number of Topliss-reactive ketones (excluding diaryl/α,β-unsaturated/α-hetero) is 1. The minimum absolute atomic E-state index is 0.0118. The summed E-state index contributed by atoms with van der Waals surface area (Å²) in [5.41, 5.74) is 3.77. The first kappa shape index (κ1) is 18.3. The van der Waals surface area contributed by atoms with Gasteiger partial charge in [-0.15, -0.1) is 0 Å². The predicted molar refractivity (Wildman–Crippen MR) is 108 cm³/mol. The molecule has 1 aliphatic rings. The van der Waals surface area contributed by atoms with Gasteiger partial charge in [-0.05, 0) is 49.1 Å². The average Bonchev–Trinajstić information content (AvgIpc) is 2.68. The van der Waals surface area contributed by atoms with Crippen LogP contribution in [0.2, 0.25) is 5.02 Å². The molecule has 2 aromatic carbocycles. The Hall–Kier alpha value is -3.05. The Morgan fingerprint density at radius 2 is 1.93 bits per heavy atom. The molecule has 4 rings (SSSR count). The number of aromatic nitrogens is 2. The van der Waals surface area contributed by atoms with Crippen molar-refractivity contribution >= 4 is 29.2 Å². The molecule has 1 N–H and O–H groups in total. The first-order valence-corrected chi connectivity index (χ1v) is 9.40. The summed E-state index contributed by atoms with van der Waals surface area (Å²) >= 11 is 5.96. The van der Waals surface area contributed by atoms with Gasteiger partial charge in [0.05, 0.1) is 11.3 Å². The molecule has 5 nitrogen and oxygen atoms in total. The van der Waals surface area contributed by atoms with E-state index in [1.54, 1.807) is 12.1 Å². The maximum atomic E-state index is 12.5. The van der Waals surface area contributed by atoms with Crippen LogP contribution in [0.3, 0.4) is 0 Å². The first-order valence-electron chi connectivity index (χ1n) is 9.02. The number of amides is 1. The number of benzene rings is 2. The summed E-state index contributed by atoms with van der Waals surface area (Å²) in [5.74, 6) is -0.0277. The van der Waals surface area contributed by atoms with Crippen LogP contribution in [-0.4, -0.2) is 21.7 Å². The van der Waals surface area contributed by atoms with Crippen molar-refractivity contribution in [3.05, 3.63) is 87.7 Å². The molecule has 0 spiro atoms. The molecular weight excluding hydrogens is 374 g/mol. The minimum atomic E-state index is -0.278. The molecule has 1 atom stereocenters. The highest BCUT2D eigenvalue weighted by Gasteiger charge is 2.28. The lowest BCUT2D eigenvalue weighted by Crippen LogP contribution is -2.22. The third kappa shape index (κ3) is 3.80. The van der Waals surface area contributed by atoms with Crippen molar-refractivity contribution in [3.8, 4) is 0 Å². The van der Waals surface area contributed by atoms with Gasteiger partial charge in [0, 0.05) is 23.2 Å². The molecule has 0 unspecified atom stereocenters. The molecule has 1 heterocycles. The van der Waals surface area contributed by atoms with Crippen LogP contribution < -0.4 is 5.32 Å². The van der Waals surface area contributed by atoms with Crippen LogP contribution in [-0.2, 0) is 6.42 Å². The predicted octanol–water partition coefficient (Wildman–Crippen LogP) is 4.60. The van der Waals surface area contributed by atoms with E-state index >= 15 is 0 Å². The number of carbonyl (C=O) groups is 2. The van der Waals surface area contributed by atoms with Crippen molar-refractivity contribution in [2.75, 3.05) is 5.32 Å². The van der Waals surface area contributed by atoms with E-state index in [1.807, 2.05) is 43.3 Å². The number of nitrogens with zero attached hydrogens (tertiary/aromatic N) is 2. The number of ketones is 1. The Balaban J connectivity index is 1.57. The summed E-state index contributed by atoms with van der Waals surface area (Å²) in [7, 11) is 0. The molecular formula is C22H18ClN3O2. The zero-order chi connectivity index (χ0) is 19.7. The number of fused-ring (bicyclic) bond motifs is 1. The van der Waals surface area contributed by atoms with Gasteiger partial charge in [0.2, 0.25) is 5.95 Å². The van der Waals surface area contributed by atoms with Gasteiger partial charge in [0.25, 0.3) is 5.91 Å². The highest BCUT2D eigenvalue weighted by atomic mass is 35.5. The van der Waals surface area contributed by atoms with Gasteiger partial charge in [0.15, 0.2) is 5.78 Å². The van der Waals surface area contributed by atoms with Crippen LogP contribution in [0.25, 0.3) is 0 Å². The van der Waals surface area contributed by atoms with Crippen molar-refractivity contribution in [1.82, 2.24) is 9.97 Å². The average molecular weight is 392 g/mol. The minimum Gasteiger partial charge on any atom is -0.294 e. The highest BCUT2D eigenvalue weighted by molar-refractivity contribution is 6.30. The van der Waals surface area contributed by atoms with Gasteiger partial charge >= 0.3 is 0 Å². The SMILES string of the molecule is Cc1cccc(C(=O)Nc2ncc3c(n2)C[C@@H](c2ccc(Cl)cc2)CC3=O)c1. The lowest BCUT2D eigenvalue weighted by Gasteiger charge is -2.23. The Bertz CT molecular complexity index is 1060. The number of hydrogen-bond donors (Lipinski definition) is 1. The van der Waals surface area contributed by atoms with E-state index in [1.165, 1.54) is 6.20 Å². The molecule has 6 heteroatoms. The van der Waals surface area contributed by atoms with Gasteiger partial charge in [0.1, 0.15) is 0 Å². The van der Waals surface area contributed by atoms with E-state index in [-0.39, 0.29) is 23.6 Å². The van der Waals surface area contributed by atoms with E-state index in [0.717, 1.165) is 11.1 Å². The van der Waals surface area contributed by atoms with Crippen LogP contribution in [0.15, 0.2) is 54.7 Å². The van der Waals surface area contributed by atoms with Gasteiger partial charge in [-0.25, -0.2) is 9.97 Å². The normalized spacial score (nSPS) is 15.8. The third-order valence-electron chi connectivity index (χ3n) is 4.89. The number of hydrogen-bond acceptors (Lipinski definition) is 4. The molecule has 1 amide bonds. The molecule has 0 bridgehead atoms. The van der Waals surface area contributed by atoms with Gasteiger partial charge in [-0.2, -0.15) is 0 Å². The molecule has 1 aliphatic carbocycles. The number of anilines is 1. The van der Waals surface area contributed by atoms with Crippen molar-refractivity contribution in [2.24, 2.45) is 0 Å². The van der Waals surface area contributed by atoms with Crippen molar-refractivity contribution in [1.29, 1.82) is 0 Å². The first-order chi connectivity index (χ1) is 13.5. The van der Waals surface area contributed by atoms with E-state index in [0.29, 0.717) is 34.7 Å². The van der Waals surface area contributed by atoms with Gasteiger partial charge in [-0.3, -0.25) is 14.9 Å². The third-order valence-corrected chi connectivity index (χ3v) is 5.14. The molecule has 140 valence electrons. The Morgan fingerprint density at radius 3 is 2.68 bits per heavy atom. The second kappa shape index (κ2) is 7.52. The van der Waals surface area contributed by atoms with E-state index in [4.69, 9.17) is 11.6 Å². The lowest BCUT2D eigenvalue weighted by molar-refractivity contribution is 0.0962. The van der Waals surface area contributed by atoms with E-state index in [2.05, 4.69) is 15.3 Å². The second-order valence-corrected chi connectivity index (χ2v) is 7.39. The Morgan fingerprint density at radius 1 is 1.14 bits per heavy atom. The molecule has 0 radical (unpaired) electrons. The van der Waals surface area contributed by atoms with Crippen LogP contribution in [0.4, 0.5) is 5.95 Å². The standard InChI is InChI=1S/C22H18ClN3O2/c1-13-3-2-4-15(9-13)21(28)26-22-24-12-18-19(25-22)10-16(11-20(18)27)14-5-7-17(23)8-6-14/h2-9,12,16H,10-11H2,1H3,(H,24,25,26,28)/t16-/m1/s1. The zero-order valence-corrected chi connectivity index (χ0v) is 16.0. The van der Waals surface area contributed by atoms with Gasteiger partial charge < -0.3 is 0 Å². The molecule has 0 aliphatic heterocycles. The quantitative estimate of drug-likeness (QED) is 0.708.